The first kappa shape index (κ1) is 18.5. The van der Waals surface area contributed by atoms with E-state index in [9.17, 15) is 4.79 Å². The van der Waals surface area contributed by atoms with Crippen molar-refractivity contribution >= 4 is 11.4 Å². The number of pyridine rings is 1. The molecule has 0 aromatic carbocycles. The summed E-state index contributed by atoms with van der Waals surface area (Å²) in [5.74, 6) is 1.24. The van der Waals surface area contributed by atoms with Crippen LogP contribution >= 0.6 is 0 Å². The average Bonchev–Trinajstić information content (AvgIpc) is 3.42. The number of rotatable bonds is 4. The Morgan fingerprint density at radius 1 is 1.03 bits per heavy atom. The van der Waals surface area contributed by atoms with Crippen molar-refractivity contribution < 1.29 is 4.79 Å². The van der Waals surface area contributed by atoms with Crippen molar-refractivity contribution in [1.82, 2.24) is 29.5 Å². The zero-order valence-electron chi connectivity index (χ0n) is 16.9. The van der Waals surface area contributed by atoms with Crippen LogP contribution in [0.15, 0.2) is 61.4 Å². The van der Waals surface area contributed by atoms with Crippen LogP contribution in [-0.2, 0) is 0 Å². The monoisotopic (exact) mass is 400 g/mol. The van der Waals surface area contributed by atoms with Crippen molar-refractivity contribution in [3.8, 4) is 16.9 Å². The third-order valence-corrected chi connectivity index (χ3v) is 6.04. The number of hydrogen-bond acceptors (Lipinski definition) is 4. The molecule has 0 spiro atoms. The maximum absolute atomic E-state index is 13.1. The van der Waals surface area contributed by atoms with Crippen LogP contribution in [0.5, 0.6) is 0 Å². The maximum Gasteiger partial charge on any atom is 0.270 e. The van der Waals surface area contributed by atoms with E-state index >= 15 is 0 Å². The summed E-state index contributed by atoms with van der Waals surface area (Å²) in [5, 5.41) is 7.69. The van der Waals surface area contributed by atoms with E-state index in [1.54, 1.807) is 29.3 Å². The fraction of sp³-hybridized carbons (Fsp3) is 0.304. The van der Waals surface area contributed by atoms with Gasteiger partial charge in [-0.05, 0) is 43.0 Å². The van der Waals surface area contributed by atoms with Gasteiger partial charge in [0, 0.05) is 41.3 Å². The summed E-state index contributed by atoms with van der Waals surface area (Å²) in [6.07, 6.45) is 13.4. The minimum Gasteiger partial charge on any atom is -0.348 e. The molecule has 4 aromatic heterocycles. The fourth-order valence-electron chi connectivity index (χ4n) is 4.31. The van der Waals surface area contributed by atoms with E-state index < -0.39 is 0 Å². The molecule has 152 valence electrons. The quantitative estimate of drug-likeness (QED) is 0.564. The second kappa shape index (κ2) is 7.74. The highest BCUT2D eigenvalue weighted by atomic mass is 16.2. The van der Waals surface area contributed by atoms with Gasteiger partial charge in [-0.2, -0.15) is 5.10 Å². The Labute approximate surface area is 174 Å². The normalized spacial score (nSPS) is 19.1. The van der Waals surface area contributed by atoms with E-state index in [-0.39, 0.29) is 11.9 Å². The lowest BCUT2D eigenvalue weighted by atomic mass is 9.86. The summed E-state index contributed by atoms with van der Waals surface area (Å²) in [7, 11) is 0. The Balaban J connectivity index is 1.49. The molecule has 5 rings (SSSR count). The third kappa shape index (κ3) is 3.36. The van der Waals surface area contributed by atoms with E-state index in [0.29, 0.717) is 11.6 Å². The number of carbonyl (C=O) groups is 1. The summed E-state index contributed by atoms with van der Waals surface area (Å²) in [4.78, 5) is 21.3. The molecule has 1 aliphatic rings. The van der Waals surface area contributed by atoms with Gasteiger partial charge in [0.05, 0.1) is 6.20 Å². The minimum atomic E-state index is -0.0752. The summed E-state index contributed by atoms with van der Waals surface area (Å²) in [6.45, 7) is 2.22. The summed E-state index contributed by atoms with van der Waals surface area (Å²) < 4.78 is 3.75. The van der Waals surface area contributed by atoms with E-state index in [1.165, 1.54) is 25.6 Å². The molecule has 1 aliphatic carbocycles. The number of nitrogens with zero attached hydrogens (tertiary/aromatic N) is 5. The van der Waals surface area contributed by atoms with Crippen LogP contribution in [0.4, 0.5) is 0 Å². The van der Waals surface area contributed by atoms with E-state index in [4.69, 9.17) is 0 Å². The Morgan fingerprint density at radius 3 is 2.67 bits per heavy atom. The highest BCUT2D eigenvalue weighted by Gasteiger charge is 2.25. The van der Waals surface area contributed by atoms with Gasteiger partial charge in [0.1, 0.15) is 17.8 Å². The number of fused-ring (bicyclic) bond motifs is 1. The molecule has 1 amide bonds. The lowest BCUT2D eigenvalue weighted by Crippen LogP contribution is -2.41. The first-order chi connectivity index (χ1) is 14.7. The smallest absolute Gasteiger partial charge is 0.270 e. The number of carbonyl (C=O) groups excluding carboxylic acids is 1. The van der Waals surface area contributed by atoms with Crippen LogP contribution in [-0.4, -0.2) is 36.1 Å². The standard InChI is InChI=1S/C23H24N6O/c1-16-4-2-3-5-20(16)27-23(30)21-10-11-26-29(21)22-9-8-19-7-6-17(14-28(19)22)18-12-24-15-25-13-18/h6-16,20H,2-5H2,1H3,(H,27,30). The lowest BCUT2D eigenvalue weighted by molar-refractivity contribution is 0.0902. The van der Waals surface area contributed by atoms with Crippen LogP contribution in [0.3, 0.4) is 0 Å². The van der Waals surface area contributed by atoms with E-state index in [1.807, 2.05) is 34.9 Å². The molecule has 0 bridgehead atoms. The molecule has 0 aliphatic heterocycles. The van der Waals surface area contributed by atoms with Gasteiger partial charge in [-0.1, -0.05) is 25.8 Å². The maximum atomic E-state index is 13.1. The Kier molecular flexibility index (Phi) is 4.78. The van der Waals surface area contributed by atoms with Crippen molar-refractivity contribution in [3.05, 3.63) is 67.1 Å². The predicted molar refractivity (Wildman–Crippen MR) is 114 cm³/mol. The molecule has 1 saturated carbocycles. The topological polar surface area (TPSA) is 77.1 Å². The Hall–Kier alpha value is -3.48. The number of amides is 1. The fourth-order valence-corrected chi connectivity index (χ4v) is 4.31. The van der Waals surface area contributed by atoms with Gasteiger partial charge in [-0.3, -0.25) is 4.79 Å². The molecular weight excluding hydrogens is 376 g/mol. The second-order valence-electron chi connectivity index (χ2n) is 8.00. The second-order valence-corrected chi connectivity index (χ2v) is 8.00. The molecule has 0 saturated heterocycles. The van der Waals surface area contributed by atoms with Gasteiger partial charge in [0.15, 0.2) is 0 Å². The molecule has 4 heterocycles. The minimum absolute atomic E-state index is 0.0752. The van der Waals surface area contributed by atoms with Crippen molar-refractivity contribution in [3.63, 3.8) is 0 Å². The van der Waals surface area contributed by atoms with Crippen LogP contribution in [0.1, 0.15) is 43.1 Å². The first-order valence-electron chi connectivity index (χ1n) is 10.4. The third-order valence-electron chi connectivity index (χ3n) is 6.04. The van der Waals surface area contributed by atoms with Gasteiger partial charge in [0.2, 0.25) is 0 Å². The van der Waals surface area contributed by atoms with E-state index in [0.717, 1.165) is 28.9 Å². The van der Waals surface area contributed by atoms with Gasteiger partial charge in [0.25, 0.3) is 5.91 Å². The van der Waals surface area contributed by atoms with Gasteiger partial charge in [-0.15, -0.1) is 0 Å². The molecule has 4 aromatic rings. The molecule has 2 atom stereocenters. The highest BCUT2D eigenvalue weighted by molar-refractivity contribution is 5.93. The van der Waals surface area contributed by atoms with Gasteiger partial charge < -0.3 is 9.72 Å². The largest absolute Gasteiger partial charge is 0.348 e. The number of hydrogen-bond donors (Lipinski definition) is 1. The van der Waals surface area contributed by atoms with Crippen molar-refractivity contribution in [2.75, 3.05) is 0 Å². The van der Waals surface area contributed by atoms with Crippen LogP contribution in [0.25, 0.3) is 22.5 Å². The SMILES string of the molecule is CC1CCCCC1NC(=O)c1ccnn1-c1ccc2ccc(-c3cncnc3)cn12. The number of aromatic nitrogens is 5. The molecule has 7 heteroatoms. The zero-order valence-corrected chi connectivity index (χ0v) is 16.9. The molecule has 1 fully saturated rings. The summed E-state index contributed by atoms with van der Waals surface area (Å²) >= 11 is 0. The van der Waals surface area contributed by atoms with Gasteiger partial charge in [-0.25, -0.2) is 14.6 Å². The van der Waals surface area contributed by atoms with Crippen molar-refractivity contribution in [2.45, 2.75) is 38.6 Å². The molecule has 0 radical (unpaired) electrons. The lowest BCUT2D eigenvalue weighted by Gasteiger charge is -2.29. The number of nitrogens with one attached hydrogen (secondary N) is 1. The average molecular weight is 400 g/mol. The Bertz CT molecular complexity index is 1180. The molecule has 2 unspecified atom stereocenters. The predicted octanol–water partition coefficient (Wildman–Crippen LogP) is 3.89. The van der Waals surface area contributed by atoms with Crippen molar-refractivity contribution in [1.29, 1.82) is 0 Å². The molecule has 7 nitrogen and oxygen atoms in total. The van der Waals surface area contributed by atoms with E-state index in [2.05, 4.69) is 27.3 Å². The summed E-state index contributed by atoms with van der Waals surface area (Å²) in [5.41, 5.74) is 3.49. The van der Waals surface area contributed by atoms with Crippen molar-refractivity contribution in [2.24, 2.45) is 5.92 Å². The Morgan fingerprint density at radius 2 is 1.83 bits per heavy atom. The highest BCUT2D eigenvalue weighted by Crippen LogP contribution is 2.25. The first-order valence-corrected chi connectivity index (χ1v) is 10.4. The molecule has 1 N–H and O–H groups in total. The van der Waals surface area contributed by atoms with Crippen LogP contribution in [0, 0.1) is 5.92 Å². The van der Waals surface area contributed by atoms with Gasteiger partial charge >= 0.3 is 0 Å². The van der Waals surface area contributed by atoms with Crippen LogP contribution in [0.2, 0.25) is 0 Å². The molecule has 30 heavy (non-hydrogen) atoms. The zero-order chi connectivity index (χ0) is 20.5. The van der Waals surface area contributed by atoms with Crippen LogP contribution < -0.4 is 5.32 Å². The summed E-state index contributed by atoms with van der Waals surface area (Å²) in [6, 6.07) is 10.1. The molecular formula is C23H24N6O.